The number of cyclic esters (lactones) is 1. The first-order valence-corrected chi connectivity index (χ1v) is 21.5. The summed E-state index contributed by atoms with van der Waals surface area (Å²) in [7, 11) is 5.26. The van der Waals surface area contributed by atoms with Crippen LogP contribution in [0.4, 0.5) is 4.79 Å². The lowest BCUT2D eigenvalue weighted by Crippen LogP contribution is -2.61. The summed E-state index contributed by atoms with van der Waals surface area (Å²) in [5, 5.41) is 11.5. The molecule has 3 aliphatic heterocycles. The Morgan fingerprint density at radius 3 is 2.27 bits per heavy atom. The highest BCUT2D eigenvalue weighted by Crippen LogP contribution is 2.45. The van der Waals surface area contributed by atoms with Crippen LogP contribution in [0.3, 0.4) is 0 Å². The lowest BCUT2D eigenvalue weighted by molar-refractivity contribution is -0.295. The number of carbonyl (C=O) groups excluding carboxylic acids is 4. The number of aryl methyl sites for hydroxylation is 1. The number of ketones is 2. The van der Waals surface area contributed by atoms with Gasteiger partial charge in [0.15, 0.2) is 17.7 Å². The molecule has 1 unspecified atom stereocenters. The SMILES string of the molecule is CC[C@H]1OC(=O)[C@H](C)C(=O)[C@H](C)[C@@H](OC2O[C@H](C)C[C@H](N(C)C)[C@H]2O)[C@](C)(OC)C[C@@H](C)C(=O)[C@H](C)[C@H]2N(CCCCn3cnc(-c4ccccc4)c3)C(=O)O[C@]12CC. The van der Waals surface area contributed by atoms with Crippen LogP contribution in [-0.4, -0.2) is 130 Å². The molecule has 13 atom stereocenters. The van der Waals surface area contributed by atoms with E-state index in [9.17, 15) is 24.3 Å². The molecule has 4 heterocycles. The topological polar surface area (TPSA) is 159 Å². The summed E-state index contributed by atoms with van der Waals surface area (Å²) in [6.45, 7) is 15.2. The highest BCUT2D eigenvalue weighted by atomic mass is 16.7. The van der Waals surface area contributed by atoms with Gasteiger partial charge in [-0.25, -0.2) is 9.78 Å². The van der Waals surface area contributed by atoms with Gasteiger partial charge in [0.25, 0.3) is 0 Å². The minimum atomic E-state index is -1.35. The van der Waals surface area contributed by atoms with E-state index in [1.54, 1.807) is 25.1 Å². The van der Waals surface area contributed by atoms with Crippen molar-refractivity contribution in [2.75, 3.05) is 27.7 Å². The number of aromatic nitrogens is 2. The maximum Gasteiger partial charge on any atom is 0.410 e. The molecule has 3 aliphatic rings. The first kappa shape index (κ1) is 46.4. The van der Waals surface area contributed by atoms with Crippen molar-refractivity contribution >= 4 is 23.6 Å². The molecule has 1 amide bonds. The molecule has 0 radical (unpaired) electrons. The van der Waals surface area contributed by atoms with Crippen molar-refractivity contribution in [2.45, 2.75) is 154 Å². The van der Waals surface area contributed by atoms with Crippen molar-refractivity contribution in [3.05, 3.63) is 42.9 Å². The van der Waals surface area contributed by atoms with Gasteiger partial charge in [-0.3, -0.25) is 14.4 Å². The molecule has 0 saturated carbocycles. The number of unbranched alkanes of at least 4 members (excludes halogenated alkanes) is 1. The second-order valence-electron chi connectivity index (χ2n) is 17.6. The average Bonchev–Trinajstić information content (AvgIpc) is 3.82. The monoisotopic (exact) mass is 824 g/mol. The number of esters is 1. The Hall–Kier alpha value is -3.69. The van der Waals surface area contributed by atoms with Crippen molar-refractivity contribution < 1.29 is 48.0 Å². The van der Waals surface area contributed by atoms with E-state index in [2.05, 4.69) is 4.98 Å². The largest absolute Gasteiger partial charge is 0.457 e. The fourth-order valence-electron chi connectivity index (χ4n) is 9.81. The zero-order valence-corrected chi connectivity index (χ0v) is 37.0. The van der Waals surface area contributed by atoms with Gasteiger partial charge in [-0.1, -0.05) is 65.0 Å². The average molecular weight is 825 g/mol. The fourth-order valence-corrected chi connectivity index (χ4v) is 9.81. The number of hydrogen-bond acceptors (Lipinski definition) is 12. The quantitative estimate of drug-likeness (QED) is 0.153. The molecule has 59 heavy (non-hydrogen) atoms. The minimum absolute atomic E-state index is 0.133. The number of aliphatic hydroxyl groups is 1. The van der Waals surface area contributed by atoms with Crippen molar-refractivity contribution in [1.29, 1.82) is 0 Å². The molecule has 3 saturated heterocycles. The van der Waals surface area contributed by atoms with E-state index in [-0.39, 0.29) is 37.2 Å². The molecule has 1 aromatic heterocycles. The molecule has 328 valence electrons. The van der Waals surface area contributed by atoms with Crippen molar-refractivity contribution in [3.63, 3.8) is 0 Å². The third-order valence-corrected chi connectivity index (χ3v) is 13.3. The van der Waals surface area contributed by atoms with Gasteiger partial charge in [0.1, 0.15) is 23.9 Å². The molecule has 2 aromatic rings. The second-order valence-corrected chi connectivity index (χ2v) is 17.6. The lowest BCUT2D eigenvalue weighted by Gasteiger charge is -2.47. The molecule has 14 nitrogen and oxygen atoms in total. The van der Waals surface area contributed by atoms with Crippen molar-refractivity contribution in [3.8, 4) is 11.3 Å². The van der Waals surface area contributed by atoms with Crippen LogP contribution in [0.2, 0.25) is 0 Å². The summed E-state index contributed by atoms with van der Waals surface area (Å²) in [5.41, 5.74) is -0.711. The number of benzene rings is 1. The van der Waals surface area contributed by atoms with Crippen LogP contribution < -0.4 is 0 Å². The van der Waals surface area contributed by atoms with Gasteiger partial charge in [0.05, 0.1) is 35.9 Å². The van der Waals surface area contributed by atoms with Gasteiger partial charge in [0.2, 0.25) is 0 Å². The third kappa shape index (κ3) is 9.62. The maximum atomic E-state index is 14.8. The Balaban J connectivity index is 1.46. The molecule has 1 aromatic carbocycles. The van der Waals surface area contributed by atoms with Gasteiger partial charge in [0, 0.05) is 55.8 Å². The highest BCUT2D eigenvalue weighted by molar-refractivity contribution is 6.00. The van der Waals surface area contributed by atoms with Gasteiger partial charge >= 0.3 is 12.1 Å². The fraction of sp³-hybridized carbons (Fsp3) is 0.711. The molecule has 0 bridgehead atoms. The smallest absolute Gasteiger partial charge is 0.410 e. The Labute approximate surface area is 350 Å². The van der Waals surface area contributed by atoms with Gasteiger partial charge < -0.3 is 43.2 Å². The summed E-state index contributed by atoms with van der Waals surface area (Å²) in [6, 6.07) is 8.90. The molecular formula is C45H68N4O10. The number of amides is 1. The van der Waals surface area contributed by atoms with Crippen molar-refractivity contribution in [2.24, 2.45) is 23.7 Å². The van der Waals surface area contributed by atoms with E-state index in [0.717, 1.165) is 17.7 Å². The number of likely N-dealkylation sites (N-methyl/N-ethyl adjacent to an activating group) is 1. The first-order chi connectivity index (χ1) is 27.9. The number of rotatable bonds is 12. The third-order valence-electron chi connectivity index (χ3n) is 13.3. The van der Waals surface area contributed by atoms with Crippen LogP contribution in [0.1, 0.15) is 93.9 Å². The van der Waals surface area contributed by atoms with Crippen LogP contribution in [-0.2, 0) is 44.6 Å². The molecular weight excluding hydrogens is 757 g/mol. The van der Waals surface area contributed by atoms with Gasteiger partial charge in [-0.2, -0.15) is 0 Å². The second kappa shape index (κ2) is 19.4. The Bertz CT molecular complexity index is 1750. The standard InChI is InChI=1S/C45H68N4O10/c1-12-35-45(13-2)39(49(43(54)59-45)22-18-17-21-48-25-33(46-26-48)32-19-15-14-16-20-32)29(5)36(50)27(3)24-44(8,55-11)40(30(6)37(51)31(7)41(53)57-35)58-42-38(52)34(47(9)10)23-28(4)56-42/h14-16,19-20,25-31,34-35,38-40,42,52H,12-13,17-18,21-24H2,1-11H3/t27-,28-,29+,30+,31-,34+,35-,38-,39-,40-,42?,44-,45-/m1/s1. The number of methoxy groups -OCH3 is 1. The van der Waals surface area contributed by atoms with Crippen LogP contribution >= 0.6 is 0 Å². The van der Waals surface area contributed by atoms with E-state index in [1.165, 1.54) is 14.0 Å². The number of nitrogens with zero attached hydrogens (tertiary/aromatic N) is 4. The van der Waals surface area contributed by atoms with Crippen molar-refractivity contribution in [1.82, 2.24) is 19.4 Å². The molecule has 1 N–H and O–H groups in total. The van der Waals surface area contributed by atoms with Crippen LogP contribution in [0.25, 0.3) is 11.3 Å². The van der Waals surface area contributed by atoms with Crippen LogP contribution in [0.5, 0.6) is 0 Å². The molecule has 5 rings (SSSR count). The number of hydrogen-bond donors (Lipinski definition) is 1. The Morgan fingerprint density at radius 2 is 1.64 bits per heavy atom. The van der Waals surface area contributed by atoms with E-state index >= 15 is 0 Å². The predicted octanol–water partition coefficient (Wildman–Crippen LogP) is 5.92. The number of imidazole rings is 1. The van der Waals surface area contributed by atoms with Gasteiger partial charge in [-0.15, -0.1) is 0 Å². The number of fused-ring (bicyclic) bond motifs is 1. The summed E-state index contributed by atoms with van der Waals surface area (Å²) in [4.78, 5) is 65.4. The van der Waals surface area contributed by atoms with E-state index < -0.39 is 83.4 Å². The van der Waals surface area contributed by atoms with E-state index in [1.807, 2.05) is 94.7 Å². The minimum Gasteiger partial charge on any atom is -0.457 e. The normalized spacial score (nSPS) is 36.3. The summed E-state index contributed by atoms with van der Waals surface area (Å²) in [6.07, 6.45) is 1.44. The first-order valence-electron chi connectivity index (χ1n) is 21.5. The summed E-state index contributed by atoms with van der Waals surface area (Å²) < 4.78 is 33.6. The zero-order chi connectivity index (χ0) is 43.4. The summed E-state index contributed by atoms with van der Waals surface area (Å²) in [5.74, 6) is -4.89. The maximum absolute atomic E-state index is 14.8. The van der Waals surface area contributed by atoms with E-state index in [0.29, 0.717) is 25.9 Å². The lowest BCUT2D eigenvalue weighted by atomic mass is 9.72. The molecule has 14 heteroatoms. The number of aliphatic hydroxyl groups excluding tert-OH is 1. The summed E-state index contributed by atoms with van der Waals surface area (Å²) >= 11 is 0. The number of carbonyl (C=O) groups is 4. The zero-order valence-electron chi connectivity index (χ0n) is 37.0. The molecule has 0 spiro atoms. The number of Topliss-reactive ketones (excluding diaryl/α,β-unsaturated/α-hetero) is 2. The Morgan fingerprint density at radius 1 is 0.966 bits per heavy atom. The van der Waals surface area contributed by atoms with E-state index in [4.69, 9.17) is 23.7 Å². The molecule has 0 aliphatic carbocycles. The number of ether oxygens (including phenoxy) is 5. The predicted molar refractivity (Wildman–Crippen MR) is 221 cm³/mol. The van der Waals surface area contributed by atoms with Crippen LogP contribution in [0.15, 0.2) is 42.9 Å². The molecule has 3 fully saturated rings. The van der Waals surface area contributed by atoms with Gasteiger partial charge in [-0.05, 0) is 73.4 Å². The Kier molecular flexibility index (Phi) is 15.2. The highest BCUT2D eigenvalue weighted by Gasteiger charge is 2.62. The van der Waals surface area contributed by atoms with Crippen LogP contribution in [0, 0.1) is 23.7 Å².